The minimum atomic E-state index is -1.28. The first kappa shape index (κ1) is 18.6. The van der Waals surface area contributed by atoms with Gasteiger partial charge in [-0.25, -0.2) is 9.59 Å². The van der Waals surface area contributed by atoms with E-state index in [0.717, 1.165) is 18.5 Å². The van der Waals surface area contributed by atoms with Crippen LogP contribution in [0.1, 0.15) is 20.7 Å². The Balaban J connectivity index is 0.000000505. The Kier molecular flexibility index (Phi) is 5.94. The van der Waals surface area contributed by atoms with Crippen molar-refractivity contribution in [3.8, 4) is 0 Å². The van der Waals surface area contributed by atoms with Crippen molar-refractivity contribution in [3.05, 3.63) is 51.6 Å². The number of carboxylic acid groups (broad SMARTS) is 2. The van der Waals surface area contributed by atoms with Gasteiger partial charge in [-0.2, -0.15) is 0 Å². The van der Waals surface area contributed by atoms with Gasteiger partial charge in [0.1, 0.15) is 0 Å². The monoisotopic (exact) mass is 334 g/mol. The van der Waals surface area contributed by atoms with E-state index in [1.807, 2.05) is 0 Å². The lowest BCUT2D eigenvalue weighted by Crippen LogP contribution is -2.06. The number of carboxylic acids is 2. The molecule has 0 bridgehead atoms. The number of non-ortho nitro benzene ring substituents is 1. The molecule has 2 N–H and O–H groups in total. The van der Waals surface area contributed by atoms with E-state index in [-0.39, 0.29) is 16.5 Å². The molecule has 0 saturated heterocycles. The first-order valence-electron chi connectivity index (χ1n) is 6.48. The molecule has 0 aromatic heterocycles. The third-order valence-corrected chi connectivity index (χ3v) is 2.83. The van der Waals surface area contributed by atoms with Gasteiger partial charge in [0.25, 0.3) is 5.69 Å². The van der Waals surface area contributed by atoms with Gasteiger partial charge in [0, 0.05) is 20.2 Å². The zero-order valence-corrected chi connectivity index (χ0v) is 12.8. The van der Waals surface area contributed by atoms with Gasteiger partial charge in [0.15, 0.2) is 0 Å². The Morgan fingerprint density at radius 2 is 1.62 bits per heavy atom. The maximum Gasteiger partial charge on any atom is 0.335 e. The molecule has 0 atom stereocenters. The van der Waals surface area contributed by atoms with E-state index in [0.29, 0.717) is 5.39 Å². The van der Waals surface area contributed by atoms with E-state index in [1.54, 1.807) is 14.1 Å². The maximum atomic E-state index is 10.9. The quantitative estimate of drug-likeness (QED) is 0.494. The van der Waals surface area contributed by atoms with E-state index >= 15 is 0 Å². The summed E-state index contributed by atoms with van der Waals surface area (Å²) in [6.45, 7) is 0. The summed E-state index contributed by atoms with van der Waals surface area (Å²) in [7, 11) is 3.38. The number of aromatic carboxylic acids is 2. The van der Waals surface area contributed by atoms with Crippen molar-refractivity contribution in [1.29, 1.82) is 0 Å². The summed E-state index contributed by atoms with van der Waals surface area (Å²) >= 11 is 0. The lowest BCUT2D eigenvalue weighted by Gasteiger charge is -2.03. The SMILES string of the molecule is CN(C)C=O.O=C(O)c1cc([N+](=O)[O-])c2cc(C(=O)O)ccc2c1. The van der Waals surface area contributed by atoms with Crippen LogP contribution in [-0.4, -0.2) is 52.5 Å². The number of hydrogen-bond acceptors (Lipinski definition) is 5. The topological polar surface area (TPSA) is 138 Å². The van der Waals surface area contributed by atoms with Crippen LogP contribution < -0.4 is 0 Å². The van der Waals surface area contributed by atoms with E-state index < -0.39 is 22.5 Å². The average Bonchev–Trinajstić information content (AvgIpc) is 2.53. The van der Waals surface area contributed by atoms with Gasteiger partial charge in [-0.3, -0.25) is 14.9 Å². The molecule has 126 valence electrons. The Hall–Kier alpha value is -3.49. The summed E-state index contributed by atoms with van der Waals surface area (Å²) in [4.78, 5) is 42.8. The fraction of sp³-hybridized carbons (Fsp3) is 0.133. The Labute approximate surface area is 135 Å². The molecule has 0 unspecified atom stereocenters. The second-order valence-electron chi connectivity index (χ2n) is 4.87. The van der Waals surface area contributed by atoms with Gasteiger partial charge in [0.05, 0.1) is 21.4 Å². The Morgan fingerprint density at radius 3 is 2.04 bits per heavy atom. The van der Waals surface area contributed by atoms with Crippen molar-refractivity contribution in [3.63, 3.8) is 0 Å². The zero-order valence-electron chi connectivity index (χ0n) is 12.8. The van der Waals surface area contributed by atoms with Crippen LogP contribution in [0.3, 0.4) is 0 Å². The number of carbonyl (C=O) groups excluding carboxylic acids is 1. The first-order chi connectivity index (χ1) is 11.2. The van der Waals surface area contributed by atoms with Crippen molar-refractivity contribution in [1.82, 2.24) is 4.90 Å². The number of fused-ring (bicyclic) bond motifs is 1. The molecule has 0 radical (unpaired) electrons. The van der Waals surface area contributed by atoms with Gasteiger partial charge in [-0.05, 0) is 23.6 Å². The van der Waals surface area contributed by atoms with Gasteiger partial charge < -0.3 is 15.1 Å². The summed E-state index contributed by atoms with van der Waals surface area (Å²) in [6, 6.07) is 5.94. The minimum Gasteiger partial charge on any atom is -0.478 e. The highest BCUT2D eigenvalue weighted by molar-refractivity contribution is 6.02. The summed E-state index contributed by atoms with van der Waals surface area (Å²) in [5, 5.41) is 29.1. The van der Waals surface area contributed by atoms with Crippen LogP contribution in [0.2, 0.25) is 0 Å². The summed E-state index contributed by atoms with van der Waals surface area (Å²) in [6.07, 6.45) is 0.750. The molecular formula is C15H14N2O7. The van der Waals surface area contributed by atoms with E-state index in [9.17, 15) is 24.5 Å². The van der Waals surface area contributed by atoms with E-state index in [1.165, 1.54) is 23.1 Å². The van der Waals surface area contributed by atoms with Crippen LogP contribution in [0.25, 0.3) is 10.8 Å². The van der Waals surface area contributed by atoms with Crippen molar-refractivity contribution in [2.75, 3.05) is 14.1 Å². The molecule has 2 rings (SSSR count). The summed E-state index contributed by atoms with van der Waals surface area (Å²) in [5.41, 5.74) is -0.751. The molecule has 0 aliphatic heterocycles. The zero-order chi connectivity index (χ0) is 18.4. The molecule has 9 heteroatoms. The number of nitro groups is 1. The Bertz CT molecular complexity index is 815. The predicted molar refractivity (Wildman–Crippen MR) is 84.3 cm³/mol. The number of rotatable bonds is 4. The van der Waals surface area contributed by atoms with Crippen LogP contribution >= 0.6 is 0 Å². The molecule has 0 saturated carbocycles. The van der Waals surface area contributed by atoms with Gasteiger partial charge in [-0.1, -0.05) is 6.07 Å². The highest BCUT2D eigenvalue weighted by Crippen LogP contribution is 2.28. The smallest absolute Gasteiger partial charge is 0.335 e. The number of benzene rings is 2. The second kappa shape index (κ2) is 7.68. The maximum absolute atomic E-state index is 10.9. The van der Waals surface area contributed by atoms with Gasteiger partial charge >= 0.3 is 11.9 Å². The van der Waals surface area contributed by atoms with Crippen LogP contribution in [0.4, 0.5) is 5.69 Å². The van der Waals surface area contributed by atoms with Gasteiger partial charge in [0.2, 0.25) is 6.41 Å². The van der Waals surface area contributed by atoms with Crippen molar-refractivity contribution in [2.45, 2.75) is 0 Å². The molecule has 2 aromatic rings. The number of amides is 1. The molecular weight excluding hydrogens is 320 g/mol. The molecule has 1 amide bonds. The highest BCUT2D eigenvalue weighted by atomic mass is 16.6. The lowest BCUT2D eigenvalue weighted by atomic mass is 10.0. The molecule has 0 aliphatic rings. The second-order valence-corrected chi connectivity index (χ2v) is 4.87. The fourth-order valence-corrected chi connectivity index (χ4v) is 1.75. The van der Waals surface area contributed by atoms with E-state index in [2.05, 4.69) is 0 Å². The molecule has 0 heterocycles. The number of nitrogens with zero attached hydrogens (tertiary/aromatic N) is 2. The van der Waals surface area contributed by atoms with Crippen LogP contribution in [0, 0.1) is 10.1 Å². The molecule has 9 nitrogen and oxygen atoms in total. The summed E-state index contributed by atoms with van der Waals surface area (Å²) in [5.74, 6) is -2.49. The fourth-order valence-electron chi connectivity index (χ4n) is 1.75. The average molecular weight is 334 g/mol. The third-order valence-electron chi connectivity index (χ3n) is 2.83. The van der Waals surface area contributed by atoms with Crippen LogP contribution in [-0.2, 0) is 4.79 Å². The minimum absolute atomic E-state index is 0.0925. The number of hydrogen-bond donors (Lipinski definition) is 2. The van der Waals surface area contributed by atoms with Crippen LogP contribution in [0.15, 0.2) is 30.3 Å². The Morgan fingerprint density at radius 1 is 1.08 bits per heavy atom. The molecule has 24 heavy (non-hydrogen) atoms. The largest absolute Gasteiger partial charge is 0.478 e. The van der Waals surface area contributed by atoms with Crippen molar-refractivity contribution in [2.24, 2.45) is 0 Å². The van der Waals surface area contributed by atoms with Crippen LogP contribution in [0.5, 0.6) is 0 Å². The van der Waals surface area contributed by atoms with Gasteiger partial charge in [-0.15, -0.1) is 0 Å². The third kappa shape index (κ3) is 4.50. The molecule has 0 spiro atoms. The molecule has 2 aromatic carbocycles. The first-order valence-corrected chi connectivity index (χ1v) is 6.48. The summed E-state index contributed by atoms with van der Waals surface area (Å²) < 4.78 is 0. The van der Waals surface area contributed by atoms with E-state index in [4.69, 9.17) is 10.2 Å². The van der Waals surface area contributed by atoms with Crippen molar-refractivity contribution >= 4 is 34.8 Å². The number of nitro benzene ring substituents is 1. The lowest BCUT2D eigenvalue weighted by molar-refractivity contribution is -0.383. The molecule has 0 aliphatic carbocycles. The molecule has 0 fully saturated rings. The number of carbonyl (C=O) groups is 3. The normalized spacial score (nSPS) is 9.58. The predicted octanol–water partition coefficient (Wildman–Crippen LogP) is 1.85. The highest BCUT2D eigenvalue weighted by Gasteiger charge is 2.18. The van der Waals surface area contributed by atoms with Crippen molar-refractivity contribution < 1.29 is 29.5 Å². The standard InChI is InChI=1S/C12H7NO6.C3H7NO/c14-11(15)7-2-1-6-3-8(12(16)17)5-10(13(18)19)9(6)4-7;1-4(2)3-5/h1-5H,(H,14,15)(H,16,17);3H,1-2H3.